The van der Waals surface area contributed by atoms with Crippen molar-refractivity contribution in [2.24, 2.45) is 0 Å². The van der Waals surface area contributed by atoms with Gasteiger partial charge in [0.2, 0.25) is 0 Å². The normalized spacial score (nSPS) is 19.7. The minimum atomic E-state index is -1.68. The first kappa shape index (κ1) is 19.9. The number of ether oxygens (including phenoxy) is 2. The van der Waals surface area contributed by atoms with Crippen LogP contribution in [0.5, 0.6) is 0 Å². The molecular weight excluding hydrogens is 382 g/mol. The van der Waals surface area contributed by atoms with Crippen molar-refractivity contribution < 1.29 is 23.9 Å². The van der Waals surface area contributed by atoms with E-state index >= 15 is 0 Å². The topological polar surface area (TPSA) is 81.7 Å². The average Bonchev–Trinajstić information content (AvgIpc) is 3.29. The molecule has 30 heavy (non-hydrogen) atoms. The number of hydrogen-bond donors (Lipinski definition) is 1. The second-order valence-corrected chi connectivity index (χ2v) is 7.52. The second kappa shape index (κ2) is 8.14. The Morgan fingerprint density at radius 3 is 2.27 bits per heavy atom. The van der Waals surface area contributed by atoms with Crippen molar-refractivity contribution in [3.05, 3.63) is 72.3 Å². The number of hydrogen-bond acceptors (Lipinski definition) is 5. The predicted molar refractivity (Wildman–Crippen MR) is 111 cm³/mol. The van der Waals surface area contributed by atoms with Gasteiger partial charge in [0.15, 0.2) is 11.3 Å². The number of rotatable bonds is 6. The van der Waals surface area contributed by atoms with Gasteiger partial charge in [-0.2, -0.15) is 0 Å². The zero-order chi connectivity index (χ0) is 21.1. The number of fused-ring (bicyclic) bond motifs is 3. The first-order chi connectivity index (χ1) is 14.6. The van der Waals surface area contributed by atoms with Gasteiger partial charge in [-0.3, -0.25) is 10.1 Å². The lowest BCUT2D eigenvalue weighted by Crippen LogP contribution is -2.58. The highest BCUT2D eigenvalue weighted by molar-refractivity contribution is 6.11. The maximum atomic E-state index is 12.6. The molecule has 0 heterocycles. The van der Waals surface area contributed by atoms with E-state index in [-0.39, 0.29) is 37.8 Å². The Hall–Kier alpha value is -3.41. The van der Waals surface area contributed by atoms with Gasteiger partial charge in [0.05, 0.1) is 0 Å². The molecule has 1 amide bonds. The van der Waals surface area contributed by atoms with E-state index in [0.29, 0.717) is 6.42 Å². The van der Waals surface area contributed by atoms with Gasteiger partial charge in [-0.25, -0.2) is 9.59 Å². The van der Waals surface area contributed by atoms with Crippen LogP contribution in [0, 0.1) is 0 Å². The van der Waals surface area contributed by atoms with E-state index < -0.39 is 17.6 Å². The third-order valence-corrected chi connectivity index (χ3v) is 5.77. The summed E-state index contributed by atoms with van der Waals surface area (Å²) in [6.07, 6.45) is 1.53. The van der Waals surface area contributed by atoms with Gasteiger partial charge in [0, 0.05) is 12.3 Å². The van der Waals surface area contributed by atoms with Gasteiger partial charge in [-0.15, -0.1) is 0 Å². The Morgan fingerprint density at radius 1 is 1.07 bits per heavy atom. The summed E-state index contributed by atoms with van der Waals surface area (Å²) in [5.41, 5.74) is 2.74. The smallest absolute Gasteiger partial charge is 0.408 e. The van der Waals surface area contributed by atoms with E-state index in [9.17, 15) is 14.4 Å². The van der Waals surface area contributed by atoms with E-state index in [4.69, 9.17) is 9.47 Å². The molecule has 1 saturated carbocycles. The fourth-order valence-corrected chi connectivity index (χ4v) is 4.33. The van der Waals surface area contributed by atoms with E-state index in [1.165, 1.54) is 6.08 Å². The van der Waals surface area contributed by atoms with Crippen LogP contribution in [0.25, 0.3) is 11.1 Å². The molecule has 0 spiro atoms. The number of esters is 1. The van der Waals surface area contributed by atoms with Crippen LogP contribution >= 0.6 is 0 Å². The molecule has 0 unspecified atom stereocenters. The van der Waals surface area contributed by atoms with Crippen LogP contribution in [0.4, 0.5) is 4.79 Å². The molecule has 4 rings (SSSR count). The molecule has 0 aliphatic heterocycles. The van der Waals surface area contributed by atoms with Gasteiger partial charge < -0.3 is 9.47 Å². The van der Waals surface area contributed by atoms with Crippen LogP contribution in [0.2, 0.25) is 0 Å². The van der Waals surface area contributed by atoms with Gasteiger partial charge in [-0.05, 0) is 35.1 Å². The molecule has 2 aromatic rings. The Balaban J connectivity index is 1.49. The number of nitrogens with one attached hydrogen (secondary N) is 1. The first-order valence-electron chi connectivity index (χ1n) is 10.0. The summed E-state index contributed by atoms with van der Waals surface area (Å²) < 4.78 is 10.6. The number of Topliss-reactive ketones (excluding diaryl/α,β-unsaturated/α-hetero) is 1. The van der Waals surface area contributed by atoms with Crippen molar-refractivity contribution >= 4 is 17.8 Å². The Labute approximate surface area is 174 Å². The first-order valence-corrected chi connectivity index (χ1v) is 10.0. The summed E-state index contributed by atoms with van der Waals surface area (Å²) in [6, 6.07) is 16.0. The van der Waals surface area contributed by atoms with Crippen LogP contribution in [-0.4, -0.2) is 36.6 Å². The zero-order valence-corrected chi connectivity index (χ0v) is 16.6. The highest BCUT2D eigenvalue weighted by atomic mass is 16.6. The lowest BCUT2D eigenvalue weighted by Gasteiger charge is -2.26. The summed E-state index contributed by atoms with van der Waals surface area (Å²) in [7, 11) is 0. The SMILES string of the molecule is C=CCOC(=O)[C@@]1(NC(=O)OCC2c3ccccc3-c3ccccc32)CCCC1=O. The quantitative estimate of drug-likeness (QED) is 0.450. The van der Waals surface area contributed by atoms with Gasteiger partial charge in [0.25, 0.3) is 0 Å². The Morgan fingerprint density at radius 2 is 1.70 bits per heavy atom. The largest absolute Gasteiger partial charge is 0.459 e. The standard InChI is InChI=1S/C24H23NO5/c1-2-14-29-22(27)24(13-7-12-21(24)26)25-23(28)30-15-20-18-10-5-3-8-16(18)17-9-4-6-11-19(17)20/h2-6,8-11,20H,1,7,12-15H2,(H,25,28)/t24-/m1/s1. The monoisotopic (exact) mass is 405 g/mol. The predicted octanol–water partition coefficient (Wildman–Crippen LogP) is 3.75. The molecule has 0 aromatic heterocycles. The van der Waals surface area contributed by atoms with Crippen LogP contribution in [-0.2, 0) is 19.1 Å². The summed E-state index contributed by atoms with van der Waals surface area (Å²) in [4.78, 5) is 37.5. The number of carbonyl (C=O) groups is 3. The summed E-state index contributed by atoms with van der Waals surface area (Å²) in [5, 5.41) is 2.50. The molecule has 1 N–H and O–H groups in total. The van der Waals surface area contributed by atoms with Crippen LogP contribution in [0.1, 0.15) is 36.3 Å². The van der Waals surface area contributed by atoms with E-state index in [0.717, 1.165) is 22.3 Å². The van der Waals surface area contributed by atoms with Crippen LogP contribution < -0.4 is 5.32 Å². The zero-order valence-electron chi connectivity index (χ0n) is 16.6. The molecule has 0 bridgehead atoms. The third kappa shape index (κ3) is 3.38. The van der Waals surface area contributed by atoms with Crippen molar-refractivity contribution in [2.75, 3.05) is 13.2 Å². The minimum Gasteiger partial charge on any atom is -0.459 e. The Kier molecular flexibility index (Phi) is 5.40. The molecule has 6 nitrogen and oxygen atoms in total. The second-order valence-electron chi connectivity index (χ2n) is 7.52. The van der Waals surface area contributed by atoms with Crippen molar-refractivity contribution in [1.29, 1.82) is 0 Å². The van der Waals surface area contributed by atoms with Gasteiger partial charge in [-0.1, -0.05) is 61.2 Å². The average molecular weight is 405 g/mol. The fraction of sp³-hybridized carbons (Fsp3) is 0.292. The molecular formula is C24H23NO5. The maximum Gasteiger partial charge on any atom is 0.408 e. The van der Waals surface area contributed by atoms with E-state index in [2.05, 4.69) is 24.0 Å². The number of carbonyl (C=O) groups excluding carboxylic acids is 3. The highest BCUT2D eigenvalue weighted by Gasteiger charge is 2.51. The molecule has 1 atom stereocenters. The van der Waals surface area contributed by atoms with Gasteiger partial charge in [0.1, 0.15) is 13.2 Å². The highest BCUT2D eigenvalue weighted by Crippen LogP contribution is 2.44. The molecule has 2 aliphatic rings. The molecule has 2 aliphatic carbocycles. The molecule has 0 saturated heterocycles. The molecule has 2 aromatic carbocycles. The maximum absolute atomic E-state index is 12.6. The van der Waals surface area contributed by atoms with Crippen molar-refractivity contribution in [1.82, 2.24) is 5.32 Å². The van der Waals surface area contributed by atoms with Crippen molar-refractivity contribution in [3.63, 3.8) is 0 Å². The molecule has 0 radical (unpaired) electrons. The van der Waals surface area contributed by atoms with Gasteiger partial charge >= 0.3 is 12.1 Å². The number of ketones is 1. The van der Waals surface area contributed by atoms with Crippen molar-refractivity contribution in [2.45, 2.75) is 30.7 Å². The van der Waals surface area contributed by atoms with Crippen LogP contribution in [0.3, 0.4) is 0 Å². The number of benzene rings is 2. The van der Waals surface area contributed by atoms with Crippen LogP contribution in [0.15, 0.2) is 61.2 Å². The fourth-order valence-electron chi connectivity index (χ4n) is 4.33. The molecule has 6 heteroatoms. The Bertz CT molecular complexity index is 969. The lowest BCUT2D eigenvalue weighted by atomic mass is 9.97. The molecule has 154 valence electrons. The third-order valence-electron chi connectivity index (χ3n) is 5.77. The lowest BCUT2D eigenvalue weighted by molar-refractivity contribution is -0.153. The van der Waals surface area contributed by atoms with E-state index in [1.807, 2.05) is 36.4 Å². The van der Waals surface area contributed by atoms with E-state index in [1.54, 1.807) is 0 Å². The summed E-state index contributed by atoms with van der Waals surface area (Å²) in [6.45, 7) is 3.57. The van der Waals surface area contributed by atoms with Crippen molar-refractivity contribution in [3.8, 4) is 11.1 Å². The summed E-state index contributed by atoms with van der Waals surface area (Å²) >= 11 is 0. The number of amides is 1. The molecule has 1 fully saturated rings. The minimum absolute atomic E-state index is 0.0275. The number of alkyl carbamates (subject to hydrolysis) is 1. The summed E-state index contributed by atoms with van der Waals surface area (Å²) in [5.74, 6) is -1.23.